The number of rotatable bonds is 3. The lowest BCUT2D eigenvalue weighted by Gasteiger charge is -2.34. The molecule has 0 aromatic carbocycles. The van der Waals surface area contributed by atoms with Crippen LogP contribution in [0, 0.1) is 23.2 Å². The van der Waals surface area contributed by atoms with Crippen molar-refractivity contribution in [2.75, 3.05) is 32.9 Å². The van der Waals surface area contributed by atoms with Gasteiger partial charge in [-0.05, 0) is 12.5 Å². The summed E-state index contributed by atoms with van der Waals surface area (Å²) in [4.78, 5) is 15.1. The Kier molecular flexibility index (Phi) is 4.50. The number of carbonyl (C=O) groups is 1. The molecule has 22 heavy (non-hydrogen) atoms. The zero-order chi connectivity index (χ0) is 15.6. The molecule has 5 nitrogen and oxygen atoms in total. The molecule has 118 valence electrons. The first kappa shape index (κ1) is 15.5. The van der Waals surface area contributed by atoms with E-state index in [0.29, 0.717) is 26.2 Å². The second kappa shape index (κ2) is 6.39. The Labute approximate surface area is 133 Å². The Morgan fingerprint density at radius 2 is 2.45 bits per heavy atom. The molecule has 0 radical (unpaired) electrons. The van der Waals surface area contributed by atoms with Gasteiger partial charge in [-0.2, -0.15) is 0 Å². The third kappa shape index (κ3) is 2.90. The highest BCUT2D eigenvalue weighted by Gasteiger charge is 2.53. The Bertz CT molecular complexity index is 617. The van der Waals surface area contributed by atoms with E-state index in [1.807, 2.05) is 11.4 Å². The first-order valence-corrected chi connectivity index (χ1v) is 8.22. The van der Waals surface area contributed by atoms with Crippen LogP contribution in [0.1, 0.15) is 16.9 Å². The summed E-state index contributed by atoms with van der Waals surface area (Å²) in [7, 11) is 0. The highest BCUT2D eigenvalue weighted by Crippen LogP contribution is 2.43. The average Bonchev–Trinajstić information content (AvgIpc) is 3.09. The standard InChI is InChI=1S/C16H19NO4S/c18-4-1-2-12-6-14(22-10-12)8-17-7-13-9-21-5-3-16(13,11-17)15(19)20/h6,10,13,18H,3-5,7-9,11H2,(H,19,20)/t13-,16+/m1/s1. The minimum atomic E-state index is -0.691. The number of carboxylic acids is 1. The molecule has 0 amide bonds. The van der Waals surface area contributed by atoms with Crippen LogP contribution >= 0.6 is 11.3 Å². The van der Waals surface area contributed by atoms with E-state index in [1.165, 1.54) is 4.88 Å². The topological polar surface area (TPSA) is 70.0 Å². The molecule has 6 heteroatoms. The number of likely N-dealkylation sites (tertiary alicyclic amines) is 1. The van der Waals surface area contributed by atoms with Crippen LogP contribution in [0.25, 0.3) is 0 Å². The van der Waals surface area contributed by atoms with Gasteiger partial charge in [0.2, 0.25) is 0 Å². The molecule has 2 fully saturated rings. The fourth-order valence-corrected chi connectivity index (χ4v) is 4.27. The first-order valence-electron chi connectivity index (χ1n) is 7.35. The maximum Gasteiger partial charge on any atom is 0.311 e. The molecule has 0 unspecified atom stereocenters. The summed E-state index contributed by atoms with van der Waals surface area (Å²) in [5.74, 6) is 4.92. The van der Waals surface area contributed by atoms with Crippen LogP contribution in [-0.4, -0.2) is 54.0 Å². The molecule has 2 N–H and O–H groups in total. The number of fused-ring (bicyclic) bond motifs is 1. The second-order valence-electron chi connectivity index (χ2n) is 5.91. The lowest BCUT2D eigenvalue weighted by molar-refractivity contribution is -0.157. The lowest BCUT2D eigenvalue weighted by atomic mass is 9.74. The summed E-state index contributed by atoms with van der Waals surface area (Å²) in [5.41, 5.74) is 0.261. The van der Waals surface area contributed by atoms with Gasteiger partial charge in [-0.15, -0.1) is 11.3 Å². The van der Waals surface area contributed by atoms with Crippen molar-refractivity contribution in [3.63, 3.8) is 0 Å². The van der Waals surface area contributed by atoms with Crippen LogP contribution in [0.5, 0.6) is 0 Å². The van der Waals surface area contributed by atoms with Crippen LogP contribution in [-0.2, 0) is 16.1 Å². The molecule has 0 saturated carbocycles. The van der Waals surface area contributed by atoms with Crippen LogP contribution in [0.3, 0.4) is 0 Å². The smallest absolute Gasteiger partial charge is 0.311 e. The molecule has 1 aromatic heterocycles. The van der Waals surface area contributed by atoms with E-state index >= 15 is 0 Å². The highest BCUT2D eigenvalue weighted by molar-refractivity contribution is 7.10. The molecule has 3 heterocycles. The minimum Gasteiger partial charge on any atom is -0.481 e. The third-order valence-electron chi connectivity index (χ3n) is 4.55. The fraction of sp³-hybridized carbons (Fsp3) is 0.562. The number of ether oxygens (including phenoxy) is 1. The molecule has 0 spiro atoms. The van der Waals surface area contributed by atoms with Crippen molar-refractivity contribution in [1.29, 1.82) is 0 Å². The van der Waals surface area contributed by atoms with E-state index in [4.69, 9.17) is 9.84 Å². The Morgan fingerprint density at radius 3 is 3.18 bits per heavy atom. The molecule has 0 aliphatic carbocycles. The SMILES string of the molecule is O=C(O)[C@]12CCOC[C@H]1CN(Cc1cc(C#CCO)cs1)C2. The van der Waals surface area contributed by atoms with Crippen LogP contribution in [0.4, 0.5) is 0 Å². The van der Waals surface area contributed by atoms with Crippen LogP contribution < -0.4 is 0 Å². The van der Waals surface area contributed by atoms with Crippen molar-refractivity contribution in [1.82, 2.24) is 4.90 Å². The van der Waals surface area contributed by atoms with Crippen molar-refractivity contribution in [3.05, 3.63) is 21.9 Å². The van der Waals surface area contributed by atoms with Crippen molar-refractivity contribution < 1.29 is 19.7 Å². The number of nitrogens with zero attached hydrogens (tertiary/aromatic N) is 1. The van der Waals surface area contributed by atoms with Gasteiger partial charge in [0, 0.05) is 48.0 Å². The molecule has 0 bridgehead atoms. The van der Waals surface area contributed by atoms with E-state index < -0.39 is 11.4 Å². The largest absolute Gasteiger partial charge is 0.481 e. The summed E-state index contributed by atoms with van der Waals surface area (Å²) in [6.45, 7) is 3.04. The quantitative estimate of drug-likeness (QED) is 0.813. The molecule has 2 aliphatic rings. The van der Waals surface area contributed by atoms with Crippen molar-refractivity contribution in [2.24, 2.45) is 11.3 Å². The van der Waals surface area contributed by atoms with Gasteiger partial charge in [-0.1, -0.05) is 11.8 Å². The fourth-order valence-electron chi connectivity index (χ4n) is 3.42. The summed E-state index contributed by atoms with van der Waals surface area (Å²) in [6.07, 6.45) is 0.598. The van der Waals surface area contributed by atoms with Gasteiger partial charge in [0.05, 0.1) is 12.0 Å². The Morgan fingerprint density at radius 1 is 1.59 bits per heavy atom. The first-order chi connectivity index (χ1) is 10.6. The van der Waals surface area contributed by atoms with Gasteiger partial charge in [-0.25, -0.2) is 0 Å². The van der Waals surface area contributed by atoms with E-state index in [-0.39, 0.29) is 12.5 Å². The van der Waals surface area contributed by atoms with Gasteiger partial charge in [-0.3, -0.25) is 9.69 Å². The minimum absolute atomic E-state index is 0.0763. The van der Waals surface area contributed by atoms with Gasteiger partial charge in [0.25, 0.3) is 0 Å². The Hall–Kier alpha value is -1.39. The van der Waals surface area contributed by atoms with Crippen molar-refractivity contribution >= 4 is 17.3 Å². The van der Waals surface area contributed by atoms with Gasteiger partial charge >= 0.3 is 5.97 Å². The van der Waals surface area contributed by atoms with Gasteiger partial charge in [0.15, 0.2) is 0 Å². The summed E-state index contributed by atoms with van der Waals surface area (Å²) in [5, 5.41) is 20.3. The molecule has 2 saturated heterocycles. The molecule has 2 aliphatic heterocycles. The maximum absolute atomic E-state index is 11.8. The zero-order valence-electron chi connectivity index (χ0n) is 12.2. The third-order valence-corrected chi connectivity index (χ3v) is 5.47. The number of aliphatic carboxylic acids is 1. The molecule has 3 rings (SSSR count). The number of carboxylic acid groups (broad SMARTS) is 1. The van der Waals surface area contributed by atoms with E-state index in [9.17, 15) is 9.90 Å². The van der Waals surface area contributed by atoms with Gasteiger partial charge < -0.3 is 14.9 Å². The number of hydrogen-bond acceptors (Lipinski definition) is 5. The van der Waals surface area contributed by atoms with Crippen molar-refractivity contribution in [3.8, 4) is 11.8 Å². The molecular formula is C16H19NO4S. The molecule has 1 aromatic rings. The number of aliphatic hydroxyl groups excluding tert-OH is 1. The van der Waals surface area contributed by atoms with Crippen LogP contribution in [0.15, 0.2) is 11.4 Å². The predicted molar refractivity (Wildman–Crippen MR) is 82.6 cm³/mol. The average molecular weight is 321 g/mol. The predicted octanol–water partition coefficient (Wildman–Crippen LogP) is 1.01. The summed E-state index contributed by atoms with van der Waals surface area (Å²) in [6, 6.07) is 2.01. The van der Waals surface area contributed by atoms with E-state index in [0.717, 1.165) is 18.7 Å². The number of hydrogen-bond donors (Lipinski definition) is 2. The number of aliphatic hydroxyl groups is 1. The summed E-state index contributed by atoms with van der Waals surface area (Å²) < 4.78 is 5.48. The lowest BCUT2D eigenvalue weighted by Crippen LogP contribution is -2.44. The monoisotopic (exact) mass is 321 g/mol. The van der Waals surface area contributed by atoms with E-state index in [1.54, 1.807) is 11.3 Å². The second-order valence-corrected chi connectivity index (χ2v) is 6.91. The van der Waals surface area contributed by atoms with Crippen molar-refractivity contribution in [2.45, 2.75) is 13.0 Å². The highest BCUT2D eigenvalue weighted by atomic mass is 32.1. The van der Waals surface area contributed by atoms with Crippen LogP contribution in [0.2, 0.25) is 0 Å². The Balaban J connectivity index is 1.69. The number of thiophene rings is 1. The molecular weight excluding hydrogens is 302 g/mol. The zero-order valence-corrected chi connectivity index (χ0v) is 13.1. The normalized spacial score (nSPS) is 28.0. The van der Waals surface area contributed by atoms with E-state index in [2.05, 4.69) is 16.7 Å². The molecule has 2 atom stereocenters. The maximum atomic E-state index is 11.8. The summed E-state index contributed by atoms with van der Waals surface area (Å²) >= 11 is 1.62. The van der Waals surface area contributed by atoms with Gasteiger partial charge in [0.1, 0.15) is 6.61 Å².